The highest BCUT2D eigenvalue weighted by Crippen LogP contribution is 2.21. The third-order valence-corrected chi connectivity index (χ3v) is 5.68. The Morgan fingerprint density at radius 2 is 1.48 bits per heavy atom. The molecule has 1 aromatic carbocycles. The molecule has 0 aliphatic carbocycles. The Morgan fingerprint density at radius 3 is 1.97 bits per heavy atom. The largest absolute Gasteiger partial charge is 0.473 e. The van der Waals surface area contributed by atoms with Crippen molar-refractivity contribution in [1.29, 1.82) is 0 Å². The molecule has 0 radical (unpaired) electrons. The van der Waals surface area contributed by atoms with Crippen LogP contribution in [-0.2, 0) is 14.4 Å². The van der Waals surface area contributed by atoms with Gasteiger partial charge in [0.15, 0.2) is 0 Å². The summed E-state index contributed by atoms with van der Waals surface area (Å²) >= 11 is 0. The number of hydrogen-bond acceptors (Lipinski definition) is 6. The maximum absolute atomic E-state index is 12.3. The Balaban J connectivity index is 0.000000501. The molecule has 1 aromatic rings. The molecule has 2 fully saturated rings. The number of piperidine rings is 2. The molecule has 2 aliphatic heterocycles. The number of hydrogen-bond donors (Lipinski definition) is 3. The summed E-state index contributed by atoms with van der Waals surface area (Å²) in [4.78, 5) is 37.5. The molecule has 2 aliphatic rings. The minimum absolute atomic E-state index is 0.0917. The predicted molar refractivity (Wildman–Crippen MR) is 120 cm³/mol. The van der Waals surface area contributed by atoms with Crippen LogP contribution in [0.5, 0.6) is 0 Å². The molecule has 0 unspecified atom stereocenters. The van der Waals surface area contributed by atoms with Crippen LogP contribution < -0.4 is 10.2 Å². The zero-order chi connectivity index (χ0) is 22.8. The van der Waals surface area contributed by atoms with E-state index in [-0.39, 0.29) is 5.91 Å². The molecule has 0 atom stereocenters. The summed E-state index contributed by atoms with van der Waals surface area (Å²) in [5.41, 5.74) is 2.01. The lowest BCUT2D eigenvalue weighted by Crippen LogP contribution is -2.48. The van der Waals surface area contributed by atoms with Crippen LogP contribution in [-0.4, -0.2) is 90.7 Å². The second kappa shape index (κ2) is 12.3. The van der Waals surface area contributed by atoms with E-state index in [1.165, 1.54) is 45.2 Å². The zero-order valence-corrected chi connectivity index (χ0v) is 18.4. The van der Waals surface area contributed by atoms with Gasteiger partial charge < -0.3 is 25.3 Å². The van der Waals surface area contributed by atoms with E-state index in [4.69, 9.17) is 19.8 Å². The van der Waals surface area contributed by atoms with Crippen molar-refractivity contribution in [2.45, 2.75) is 38.1 Å². The fraction of sp³-hybridized carbons (Fsp3) is 0.591. The molecular formula is C22H34N4O5. The van der Waals surface area contributed by atoms with Gasteiger partial charge in [-0.1, -0.05) is 6.42 Å². The number of carbonyl (C=O) groups excluding carboxylic acids is 1. The number of nitrogens with one attached hydrogen (secondary N) is 1. The lowest BCUT2D eigenvalue weighted by Gasteiger charge is -2.40. The molecule has 31 heavy (non-hydrogen) atoms. The summed E-state index contributed by atoms with van der Waals surface area (Å²) < 4.78 is 0. The van der Waals surface area contributed by atoms with Crippen LogP contribution in [0.2, 0.25) is 0 Å². The van der Waals surface area contributed by atoms with Crippen LogP contribution >= 0.6 is 0 Å². The van der Waals surface area contributed by atoms with Crippen LogP contribution in [0, 0.1) is 0 Å². The normalized spacial score (nSPS) is 17.9. The highest BCUT2D eigenvalue weighted by atomic mass is 16.4. The van der Waals surface area contributed by atoms with Gasteiger partial charge in [-0.25, -0.2) is 9.59 Å². The minimum Gasteiger partial charge on any atom is -0.473 e. The first-order chi connectivity index (χ1) is 14.8. The first-order valence-corrected chi connectivity index (χ1v) is 10.8. The number of anilines is 2. The fourth-order valence-electron chi connectivity index (χ4n) is 3.97. The number of likely N-dealkylation sites (tertiary alicyclic amines) is 2. The fourth-order valence-corrected chi connectivity index (χ4v) is 3.97. The second-order valence-corrected chi connectivity index (χ2v) is 8.20. The summed E-state index contributed by atoms with van der Waals surface area (Å²) in [6.07, 6.45) is 6.51. The van der Waals surface area contributed by atoms with Gasteiger partial charge in [-0.3, -0.25) is 9.69 Å². The quantitative estimate of drug-likeness (QED) is 0.601. The summed E-state index contributed by atoms with van der Waals surface area (Å²) in [5, 5.41) is 17.8. The van der Waals surface area contributed by atoms with Crippen molar-refractivity contribution in [3.63, 3.8) is 0 Å². The van der Waals surface area contributed by atoms with E-state index >= 15 is 0 Å². The molecule has 0 spiro atoms. The molecule has 172 valence electrons. The van der Waals surface area contributed by atoms with Gasteiger partial charge >= 0.3 is 11.9 Å². The molecule has 2 saturated heterocycles. The minimum atomic E-state index is -1.82. The molecule has 0 aromatic heterocycles. The van der Waals surface area contributed by atoms with E-state index in [1.807, 2.05) is 38.4 Å². The molecule has 3 N–H and O–H groups in total. The average Bonchev–Trinajstić information content (AvgIpc) is 2.75. The number of carboxylic acid groups (broad SMARTS) is 2. The molecule has 1 amide bonds. The third-order valence-electron chi connectivity index (χ3n) is 5.68. The van der Waals surface area contributed by atoms with Gasteiger partial charge in [0.1, 0.15) is 0 Å². The van der Waals surface area contributed by atoms with Crippen molar-refractivity contribution in [1.82, 2.24) is 9.80 Å². The first-order valence-electron chi connectivity index (χ1n) is 10.8. The Labute approximate surface area is 183 Å². The zero-order valence-electron chi connectivity index (χ0n) is 18.4. The topological polar surface area (TPSA) is 113 Å². The lowest BCUT2D eigenvalue weighted by molar-refractivity contribution is -0.159. The standard InChI is InChI=1S/C20H32N4O.C2H2O4/c1-22(2)18-8-6-17(7-9-18)21-20(25)16-23-14-10-19(11-15-23)24-12-4-3-5-13-24;3-1(4)2(5)6/h6-9,19H,3-5,10-16H2,1-2H3,(H,21,25);(H,3,4)(H,5,6). The van der Waals surface area contributed by atoms with E-state index in [9.17, 15) is 4.79 Å². The smallest absolute Gasteiger partial charge is 0.414 e. The van der Waals surface area contributed by atoms with Crippen molar-refractivity contribution in [3.05, 3.63) is 24.3 Å². The molecule has 9 heteroatoms. The molecule has 0 saturated carbocycles. The Morgan fingerprint density at radius 1 is 0.935 bits per heavy atom. The van der Waals surface area contributed by atoms with E-state index in [2.05, 4.69) is 20.0 Å². The number of aliphatic carboxylic acids is 2. The van der Waals surface area contributed by atoms with Gasteiger partial charge in [-0.15, -0.1) is 0 Å². The Hall–Kier alpha value is -2.65. The summed E-state index contributed by atoms with van der Waals surface area (Å²) in [5.74, 6) is -3.56. The SMILES string of the molecule is CN(C)c1ccc(NC(=O)CN2CCC(N3CCCCC3)CC2)cc1.O=C(O)C(=O)O. The Kier molecular flexibility index (Phi) is 9.74. The van der Waals surface area contributed by atoms with Crippen LogP contribution in [0.4, 0.5) is 11.4 Å². The first kappa shape index (κ1) is 24.6. The molecular weight excluding hydrogens is 400 g/mol. The van der Waals surface area contributed by atoms with Crippen molar-refractivity contribution in [2.75, 3.05) is 57.0 Å². The van der Waals surface area contributed by atoms with Crippen LogP contribution in [0.25, 0.3) is 0 Å². The summed E-state index contributed by atoms with van der Waals surface area (Å²) in [6, 6.07) is 8.73. The van der Waals surface area contributed by atoms with Crippen LogP contribution in [0.1, 0.15) is 32.1 Å². The Bertz CT molecular complexity index is 712. The predicted octanol–water partition coefficient (Wildman–Crippen LogP) is 1.80. The van der Waals surface area contributed by atoms with Crippen molar-refractivity contribution in [2.24, 2.45) is 0 Å². The lowest BCUT2D eigenvalue weighted by atomic mass is 10.00. The molecule has 9 nitrogen and oxygen atoms in total. The maximum Gasteiger partial charge on any atom is 0.414 e. The van der Waals surface area contributed by atoms with Gasteiger partial charge in [-0.2, -0.15) is 0 Å². The van der Waals surface area contributed by atoms with Gasteiger partial charge in [0.2, 0.25) is 5.91 Å². The number of carboxylic acids is 2. The van der Waals surface area contributed by atoms with Gasteiger partial charge in [0.05, 0.1) is 6.54 Å². The number of rotatable bonds is 5. The number of amides is 1. The van der Waals surface area contributed by atoms with E-state index in [0.29, 0.717) is 6.54 Å². The monoisotopic (exact) mass is 434 g/mol. The highest BCUT2D eigenvalue weighted by Gasteiger charge is 2.26. The van der Waals surface area contributed by atoms with E-state index < -0.39 is 11.9 Å². The molecule has 3 rings (SSSR count). The molecule has 0 bridgehead atoms. The second-order valence-electron chi connectivity index (χ2n) is 8.20. The van der Waals surface area contributed by atoms with Gasteiger partial charge in [0.25, 0.3) is 0 Å². The van der Waals surface area contributed by atoms with Crippen LogP contribution in [0.3, 0.4) is 0 Å². The van der Waals surface area contributed by atoms with Crippen molar-refractivity contribution < 1.29 is 24.6 Å². The number of benzene rings is 1. The van der Waals surface area contributed by atoms with E-state index in [1.54, 1.807) is 0 Å². The number of nitrogens with zero attached hydrogens (tertiary/aromatic N) is 3. The van der Waals surface area contributed by atoms with Gasteiger partial charge in [-0.05, 0) is 63.0 Å². The third kappa shape index (κ3) is 8.55. The average molecular weight is 435 g/mol. The van der Waals surface area contributed by atoms with Crippen molar-refractivity contribution >= 4 is 29.2 Å². The van der Waals surface area contributed by atoms with Crippen molar-refractivity contribution in [3.8, 4) is 0 Å². The highest BCUT2D eigenvalue weighted by molar-refractivity contribution is 6.27. The van der Waals surface area contributed by atoms with Crippen LogP contribution in [0.15, 0.2) is 24.3 Å². The number of carbonyl (C=O) groups is 3. The maximum atomic E-state index is 12.3. The molecule has 2 heterocycles. The van der Waals surface area contributed by atoms with Gasteiger partial charge in [0, 0.05) is 44.6 Å². The summed E-state index contributed by atoms with van der Waals surface area (Å²) in [7, 11) is 4.03. The van der Waals surface area contributed by atoms with E-state index in [0.717, 1.165) is 30.5 Å². The summed E-state index contributed by atoms with van der Waals surface area (Å²) in [6.45, 7) is 5.12.